The topological polar surface area (TPSA) is 90.6 Å². The first kappa shape index (κ1) is 19.3. The molecule has 0 saturated carbocycles. The number of ether oxygens (including phenoxy) is 2. The van der Waals surface area contributed by atoms with Gasteiger partial charge in [-0.3, -0.25) is 4.79 Å². The lowest BCUT2D eigenvalue weighted by atomic mass is 10.2. The predicted molar refractivity (Wildman–Crippen MR) is 107 cm³/mol. The summed E-state index contributed by atoms with van der Waals surface area (Å²) in [5.74, 6) is 0.116. The van der Waals surface area contributed by atoms with Gasteiger partial charge in [0.2, 0.25) is 5.88 Å². The SMILES string of the molecule is O=C(COc1ccccc1F)NCCOc1ccc2nnc(-c3ccccc3)n2n1. The van der Waals surface area contributed by atoms with Crippen LogP contribution in [0.25, 0.3) is 17.0 Å². The molecule has 152 valence electrons. The molecule has 4 aromatic rings. The van der Waals surface area contributed by atoms with Crippen molar-refractivity contribution < 1.29 is 18.7 Å². The standard InChI is InChI=1S/C21H18FN5O3/c22-16-8-4-5-9-17(16)30-14-19(28)23-12-13-29-20-11-10-18-24-25-21(27(18)26-20)15-6-2-1-3-7-15/h1-11H,12-14H2,(H,23,28). The van der Waals surface area contributed by atoms with Gasteiger partial charge in [-0.15, -0.1) is 15.3 Å². The van der Waals surface area contributed by atoms with Crippen LogP contribution in [0.15, 0.2) is 66.7 Å². The Morgan fingerprint density at radius 3 is 2.60 bits per heavy atom. The van der Waals surface area contributed by atoms with Gasteiger partial charge in [0.25, 0.3) is 5.91 Å². The van der Waals surface area contributed by atoms with Gasteiger partial charge in [0.05, 0.1) is 6.54 Å². The molecule has 2 heterocycles. The van der Waals surface area contributed by atoms with Crippen molar-refractivity contribution in [1.29, 1.82) is 0 Å². The van der Waals surface area contributed by atoms with Gasteiger partial charge >= 0.3 is 0 Å². The third-order valence-corrected chi connectivity index (χ3v) is 4.14. The van der Waals surface area contributed by atoms with Crippen LogP contribution in [-0.4, -0.2) is 45.5 Å². The number of rotatable bonds is 8. The number of hydrogen-bond donors (Lipinski definition) is 1. The summed E-state index contributed by atoms with van der Waals surface area (Å²) < 4.78 is 25.8. The fraction of sp³-hybridized carbons (Fsp3) is 0.143. The van der Waals surface area contributed by atoms with Crippen LogP contribution in [0.3, 0.4) is 0 Å². The average molecular weight is 407 g/mol. The van der Waals surface area contributed by atoms with Crippen molar-refractivity contribution in [2.24, 2.45) is 0 Å². The van der Waals surface area contributed by atoms with Crippen molar-refractivity contribution in [3.63, 3.8) is 0 Å². The number of fused-ring (bicyclic) bond motifs is 1. The second kappa shape index (κ2) is 8.99. The number of halogens is 1. The summed E-state index contributed by atoms with van der Waals surface area (Å²) in [7, 11) is 0. The Bertz CT molecular complexity index is 1150. The normalized spacial score (nSPS) is 10.7. The maximum atomic E-state index is 13.5. The molecule has 0 atom stereocenters. The van der Waals surface area contributed by atoms with E-state index in [4.69, 9.17) is 9.47 Å². The maximum Gasteiger partial charge on any atom is 0.258 e. The van der Waals surface area contributed by atoms with Crippen molar-refractivity contribution in [1.82, 2.24) is 25.1 Å². The number of aromatic nitrogens is 4. The Kier molecular flexibility index (Phi) is 5.79. The molecule has 1 amide bonds. The van der Waals surface area contributed by atoms with E-state index in [1.165, 1.54) is 12.1 Å². The Labute approximate surface area is 171 Å². The summed E-state index contributed by atoms with van der Waals surface area (Å²) in [6.45, 7) is 0.159. The Balaban J connectivity index is 1.29. The molecule has 0 aliphatic rings. The average Bonchev–Trinajstić information content (AvgIpc) is 3.20. The van der Waals surface area contributed by atoms with E-state index in [2.05, 4.69) is 20.6 Å². The summed E-state index contributed by atoms with van der Waals surface area (Å²) in [5, 5.41) is 15.3. The third-order valence-electron chi connectivity index (χ3n) is 4.14. The molecular weight excluding hydrogens is 389 g/mol. The minimum atomic E-state index is -0.515. The highest BCUT2D eigenvalue weighted by atomic mass is 19.1. The first-order chi connectivity index (χ1) is 14.7. The van der Waals surface area contributed by atoms with E-state index in [1.54, 1.807) is 28.8 Å². The number of para-hydroxylation sites is 1. The zero-order valence-electron chi connectivity index (χ0n) is 15.9. The number of nitrogens with zero attached hydrogens (tertiary/aromatic N) is 4. The van der Waals surface area contributed by atoms with Crippen LogP contribution in [0.2, 0.25) is 0 Å². The van der Waals surface area contributed by atoms with Gasteiger partial charge in [-0.2, -0.15) is 4.52 Å². The molecule has 0 bridgehead atoms. The number of carbonyl (C=O) groups is 1. The molecule has 9 heteroatoms. The highest BCUT2D eigenvalue weighted by molar-refractivity contribution is 5.77. The highest BCUT2D eigenvalue weighted by Gasteiger charge is 2.10. The summed E-state index contributed by atoms with van der Waals surface area (Å²) in [6, 6.07) is 18.9. The monoisotopic (exact) mass is 407 g/mol. The second-order valence-electron chi connectivity index (χ2n) is 6.25. The van der Waals surface area contributed by atoms with Crippen LogP contribution in [0.4, 0.5) is 4.39 Å². The van der Waals surface area contributed by atoms with Gasteiger partial charge in [-0.05, 0) is 18.2 Å². The zero-order chi connectivity index (χ0) is 20.8. The molecule has 8 nitrogen and oxygen atoms in total. The molecule has 4 rings (SSSR count). The molecule has 0 aliphatic carbocycles. The molecule has 1 N–H and O–H groups in total. The lowest BCUT2D eigenvalue weighted by molar-refractivity contribution is -0.123. The largest absolute Gasteiger partial charge is 0.481 e. The second-order valence-corrected chi connectivity index (χ2v) is 6.25. The minimum Gasteiger partial charge on any atom is -0.481 e. The Hall–Kier alpha value is -4.01. The van der Waals surface area contributed by atoms with E-state index < -0.39 is 5.82 Å². The molecular formula is C21H18FN5O3. The van der Waals surface area contributed by atoms with Crippen molar-refractivity contribution in [2.45, 2.75) is 0 Å². The quantitative estimate of drug-likeness (QED) is 0.452. The van der Waals surface area contributed by atoms with E-state index in [0.29, 0.717) is 17.4 Å². The van der Waals surface area contributed by atoms with E-state index in [1.807, 2.05) is 30.3 Å². The van der Waals surface area contributed by atoms with Crippen molar-refractivity contribution in [2.75, 3.05) is 19.8 Å². The first-order valence-electron chi connectivity index (χ1n) is 9.25. The van der Waals surface area contributed by atoms with Gasteiger partial charge in [0, 0.05) is 11.6 Å². The number of hydrogen-bond acceptors (Lipinski definition) is 6. The van der Waals surface area contributed by atoms with Crippen LogP contribution in [0.5, 0.6) is 11.6 Å². The van der Waals surface area contributed by atoms with Crippen LogP contribution < -0.4 is 14.8 Å². The Morgan fingerprint density at radius 1 is 0.967 bits per heavy atom. The smallest absolute Gasteiger partial charge is 0.258 e. The molecule has 0 radical (unpaired) electrons. The lowest BCUT2D eigenvalue weighted by Crippen LogP contribution is -2.32. The predicted octanol–water partition coefficient (Wildman–Crippen LogP) is 2.50. The molecule has 2 aromatic carbocycles. The number of nitrogens with one attached hydrogen (secondary N) is 1. The Morgan fingerprint density at radius 2 is 1.77 bits per heavy atom. The number of amides is 1. The van der Waals surface area contributed by atoms with Gasteiger partial charge in [0.15, 0.2) is 29.6 Å². The van der Waals surface area contributed by atoms with E-state index in [9.17, 15) is 9.18 Å². The molecule has 0 saturated heterocycles. The maximum absolute atomic E-state index is 13.5. The van der Waals surface area contributed by atoms with Gasteiger partial charge in [0.1, 0.15) is 6.61 Å². The van der Waals surface area contributed by atoms with Crippen LogP contribution >= 0.6 is 0 Å². The van der Waals surface area contributed by atoms with Crippen molar-refractivity contribution in [3.05, 3.63) is 72.5 Å². The summed E-state index contributed by atoms with van der Waals surface area (Å²) in [4.78, 5) is 11.8. The van der Waals surface area contributed by atoms with E-state index in [0.717, 1.165) is 5.56 Å². The summed E-state index contributed by atoms with van der Waals surface area (Å²) >= 11 is 0. The molecule has 0 aliphatic heterocycles. The van der Waals surface area contributed by atoms with E-state index >= 15 is 0 Å². The van der Waals surface area contributed by atoms with Gasteiger partial charge in [-0.25, -0.2) is 4.39 Å². The molecule has 0 unspecified atom stereocenters. The van der Waals surface area contributed by atoms with Crippen LogP contribution in [0, 0.1) is 5.82 Å². The third kappa shape index (κ3) is 4.52. The lowest BCUT2D eigenvalue weighted by Gasteiger charge is -2.09. The van der Waals surface area contributed by atoms with Crippen molar-refractivity contribution in [3.8, 4) is 23.0 Å². The molecule has 0 spiro atoms. The molecule has 2 aromatic heterocycles. The van der Waals surface area contributed by atoms with Crippen molar-refractivity contribution >= 4 is 11.6 Å². The highest BCUT2D eigenvalue weighted by Crippen LogP contribution is 2.18. The van der Waals surface area contributed by atoms with Crippen LogP contribution in [0.1, 0.15) is 0 Å². The minimum absolute atomic E-state index is 0.0320. The van der Waals surface area contributed by atoms with Gasteiger partial charge < -0.3 is 14.8 Å². The van der Waals surface area contributed by atoms with Gasteiger partial charge in [-0.1, -0.05) is 42.5 Å². The number of carbonyl (C=O) groups excluding carboxylic acids is 1. The number of benzene rings is 2. The summed E-state index contributed by atoms with van der Waals surface area (Å²) in [5.41, 5.74) is 1.48. The van der Waals surface area contributed by atoms with Crippen LogP contribution in [-0.2, 0) is 4.79 Å². The molecule has 30 heavy (non-hydrogen) atoms. The fourth-order valence-electron chi connectivity index (χ4n) is 2.72. The first-order valence-corrected chi connectivity index (χ1v) is 9.25. The fourth-order valence-corrected chi connectivity index (χ4v) is 2.72. The molecule has 0 fully saturated rings. The summed E-state index contributed by atoms with van der Waals surface area (Å²) in [6.07, 6.45) is 0. The zero-order valence-corrected chi connectivity index (χ0v) is 15.9. The van der Waals surface area contributed by atoms with E-state index in [-0.39, 0.29) is 31.4 Å².